The van der Waals surface area contributed by atoms with E-state index < -0.39 is 37.4 Å². The number of hydrogen-bond acceptors (Lipinski definition) is 1. The van der Waals surface area contributed by atoms with E-state index in [9.17, 15) is 13.2 Å². The van der Waals surface area contributed by atoms with Gasteiger partial charge in [-0.05, 0) is 12.1 Å². The molecule has 0 aromatic heterocycles. The van der Waals surface area contributed by atoms with E-state index in [0.29, 0.717) is 5.75 Å². The molecular weight excluding hydrogens is 320 g/mol. The molecule has 0 bridgehead atoms. The highest BCUT2D eigenvalue weighted by atomic mass is 127. The molecule has 84 valence electrons. The van der Waals surface area contributed by atoms with Crippen LogP contribution in [0.15, 0.2) is 30.3 Å². The molecular formula is C10H10F3IO. The summed E-state index contributed by atoms with van der Waals surface area (Å²) in [6, 6.07) is 8.32. The fourth-order valence-corrected chi connectivity index (χ4v) is 1.56. The minimum absolute atomic E-state index is 0.387. The van der Waals surface area contributed by atoms with Crippen LogP contribution in [-0.4, -0.2) is 21.2 Å². The SMILES string of the molecule is C=IC(F)(COc1ccccc1)C(F)F. The lowest BCUT2D eigenvalue weighted by Gasteiger charge is -2.19. The number of hydrogen-bond donors (Lipinski definition) is 0. The second-order valence-corrected chi connectivity index (χ2v) is 5.35. The van der Waals surface area contributed by atoms with Crippen LogP contribution in [-0.2, 0) is 0 Å². The second kappa shape index (κ2) is 5.48. The summed E-state index contributed by atoms with van der Waals surface area (Å²) in [4.78, 5) is 0. The Labute approximate surface area is 96.0 Å². The molecule has 0 saturated heterocycles. The minimum Gasteiger partial charge on any atom is -0.489 e. The maximum atomic E-state index is 13.4. The van der Waals surface area contributed by atoms with Crippen LogP contribution in [0.5, 0.6) is 5.75 Å². The number of alkyl halides is 4. The zero-order chi connectivity index (χ0) is 11.3. The Morgan fingerprint density at radius 2 is 1.93 bits per heavy atom. The molecule has 0 aliphatic carbocycles. The quantitative estimate of drug-likeness (QED) is 0.594. The lowest BCUT2D eigenvalue weighted by Crippen LogP contribution is -2.32. The number of halogens is 4. The Morgan fingerprint density at radius 1 is 1.33 bits per heavy atom. The Bertz CT molecular complexity index is 318. The van der Waals surface area contributed by atoms with E-state index in [4.69, 9.17) is 4.74 Å². The fraction of sp³-hybridized carbons (Fsp3) is 0.300. The number of para-hydroxylation sites is 1. The van der Waals surface area contributed by atoms with Crippen molar-refractivity contribution in [2.75, 3.05) is 6.61 Å². The lowest BCUT2D eigenvalue weighted by molar-refractivity contribution is 0.0116. The molecule has 1 nitrogen and oxygen atoms in total. The largest absolute Gasteiger partial charge is 0.489 e. The van der Waals surface area contributed by atoms with Crippen molar-refractivity contribution in [2.45, 2.75) is 10.1 Å². The van der Waals surface area contributed by atoms with Crippen LogP contribution >= 0.6 is 20.7 Å². The average Bonchev–Trinajstić information content (AvgIpc) is 2.27. The molecule has 15 heavy (non-hydrogen) atoms. The van der Waals surface area contributed by atoms with E-state index in [-0.39, 0.29) is 0 Å². The monoisotopic (exact) mass is 330 g/mol. The first kappa shape index (κ1) is 12.5. The average molecular weight is 330 g/mol. The van der Waals surface area contributed by atoms with Crippen molar-refractivity contribution in [3.63, 3.8) is 0 Å². The van der Waals surface area contributed by atoms with Gasteiger partial charge < -0.3 is 4.74 Å². The summed E-state index contributed by atoms with van der Waals surface area (Å²) < 4.78 is 43.7. The van der Waals surface area contributed by atoms with Crippen molar-refractivity contribution < 1.29 is 17.9 Å². The first-order chi connectivity index (χ1) is 7.08. The molecule has 0 heterocycles. The van der Waals surface area contributed by atoms with Crippen molar-refractivity contribution in [1.29, 1.82) is 0 Å². The highest BCUT2D eigenvalue weighted by Gasteiger charge is 2.39. The molecule has 0 aliphatic rings. The molecule has 0 saturated carbocycles. The lowest BCUT2D eigenvalue weighted by atomic mass is 10.3. The Morgan fingerprint density at radius 3 is 2.40 bits per heavy atom. The van der Waals surface area contributed by atoms with Crippen LogP contribution in [0.25, 0.3) is 0 Å². The molecule has 5 heteroatoms. The van der Waals surface area contributed by atoms with Crippen molar-refractivity contribution in [2.24, 2.45) is 0 Å². The number of ether oxygens (including phenoxy) is 1. The summed E-state index contributed by atoms with van der Waals surface area (Å²) in [5, 5.41) is 0. The Balaban J connectivity index is 2.59. The molecule has 0 N–H and O–H groups in total. The first-order valence-corrected chi connectivity index (χ1v) is 6.73. The molecule has 1 aromatic rings. The van der Waals surface area contributed by atoms with Gasteiger partial charge in [0.05, 0.1) is 0 Å². The molecule has 0 aliphatic heterocycles. The van der Waals surface area contributed by atoms with Gasteiger partial charge in [-0.3, -0.25) is 0 Å². The maximum absolute atomic E-state index is 13.4. The van der Waals surface area contributed by atoms with E-state index in [1.165, 1.54) is 0 Å². The molecule has 0 fully saturated rings. The van der Waals surface area contributed by atoms with Gasteiger partial charge in [0.1, 0.15) is 12.4 Å². The van der Waals surface area contributed by atoms with Gasteiger partial charge in [-0.2, -0.15) is 0 Å². The zero-order valence-electron chi connectivity index (χ0n) is 7.80. The molecule has 1 unspecified atom stereocenters. The van der Waals surface area contributed by atoms with Gasteiger partial charge in [0.25, 0.3) is 6.43 Å². The third-order valence-corrected chi connectivity index (χ3v) is 3.77. The van der Waals surface area contributed by atoms with Gasteiger partial charge in [0.15, 0.2) is 0 Å². The summed E-state index contributed by atoms with van der Waals surface area (Å²) in [5.74, 6) is 0.387. The highest BCUT2D eigenvalue weighted by Crippen LogP contribution is 2.33. The molecule has 0 spiro atoms. The van der Waals surface area contributed by atoms with Gasteiger partial charge in [0.2, 0.25) is 3.68 Å². The zero-order valence-corrected chi connectivity index (χ0v) is 9.96. The first-order valence-electron chi connectivity index (χ1n) is 4.13. The topological polar surface area (TPSA) is 9.23 Å². The smallest absolute Gasteiger partial charge is 0.284 e. The molecule has 1 atom stereocenters. The summed E-state index contributed by atoms with van der Waals surface area (Å²) in [7, 11) is 0. The van der Waals surface area contributed by atoms with Gasteiger partial charge in [0, 0.05) is 0 Å². The van der Waals surface area contributed by atoms with Crippen LogP contribution in [0.3, 0.4) is 0 Å². The molecule has 0 amide bonds. The van der Waals surface area contributed by atoms with Crippen molar-refractivity contribution in [3.05, 3.63) is 30.3 Å². The summed E-state index contributed by atoms with van der Waals surface area (Å²) in [5.41, 5.74) is 0. The number of rotatable bonds is 5. The summed E-state index contributed by atoms with van der Waals surface area (Å²) in [6.07, 6.45) is -3.04. The normalized spacial score (nSPS) is 14.9. The van der Waals surface area contributed by atoms with Gasteiger partial charge in [-0.25, -0.2) is 13.2 Å². The van der Waals surface area contributed by atoms with Crippen molar-refractivity contribution in [1.82, 2.24) is 0 Å². The van der Waals surface area contributed by atoms with E-state index >= 15 is 0 Å². The van der Waals surface area contributed by atoms with Gasteiger partial charge in [-0.1, -0.05) is 43.4 Å². The van der Waals surface area contributed by atoms with Crippen molar-refractivity contribution >= 4 is 25.2 Å². The molecule has 0 radical (unpaired) electrons. The van der Waals surface area contributed by atoms with Crippen LogP contribution in [0, 0.1) is 0 Å². The van der Waals surface area contributed by atoms with E-state index in [0.717, 1.165) is 0 Å². The predicted molar refractivity (Wildman–Crippen MR) is 62.9 cm³/mol. The second-order valence-electron chi connectivity index (χ2n) is 2.80. The Hall–Kier alpha value is -0.590. The van der Waals surface area contributed by atoms with E-state index in [1.54, 1.807) is 30.3 Å². The Kier molecular flexibility index (Phi) is 4.56. The fourth-order valence-electron chi connectivity index (χ4n) is 0.856. The summed E-state index contributed by atoms with van der Waals surface area (Å²) in [6.45, 7) is -0.633. The summed E-state index contributed by atoms with van der Waals surface area (Å²) >= 11 is -1.47. The van der Waals surface area contributed by atoms with E-state index in [1.807, 2.05) is 0 Å². The van der Waals surface area contributed by atoms with Crippen molar-refractivity contribution in [3.8, 4) is 5.75 Å². The van der Waals surface area contributed by atoms with Crippen LogP contribution < -0.4 is 4.74 Å². The van der Waals surface area contributed by atoms with Crippen LogP contribution in [0.2, 0.25) is 0 Å². The third-order valence-electron chi connectivity index (χ3n) is 1.72. The van der Waals surface area contributed by atoms with Gasteiger partial charge in [-0.15, -0.1) is 0 Å². The van der Waals surface area contributed by atoms with Crippen LogP contribution in [0.1, 0.15) is 0 Å². The molecule has 1 aromatic carbocycles. The third kappa shape index (κ3) is 3.48. The number of benzene rings is 1. The standard InChI is InChI=1S/C10H10F3IO/c1-14-10(13,9(11)12)7-15-8-5-3-2-4-6-8/h2-6,9H,1,7H2. The van der Waals surface area contributed by atoms with Gasteiger partial charge >= 0.3 is 0 Å². The highest BCUT2D eigenvalue weighted by molar-refractivity contribution is 14.2. The molecule has 1 rings (SSSR count). The van der Waals surface area contributed by atoms with Crippen LogP contribution in [0.4, 0.5) is 13.2 Å². The van der Waals surface area contributed by atoms with E-state index in [2.05, 4.69) is 4.51 Å². The predicted octanol–water partition coefficient (Wildman–Crippen LogP) is 3.40. The maximum Gasteiger partial charge on any atom is 0.284 e. The minimum atomic E-state index is -3.04.